The summed E-state index contributed by atoms with van der Waals surface area (Å²) < 4.78 is 0. The second-order valence-electron chi connectivity index (χ2n) is 4.80. The molecule has 0 radical (unpaired) electrons. The van der Waals surface area contributed by atoms with Crippen LogP contribution >= 0.6 is 23.4 Å². The molecular weight excluding hydrogens is 270 g/mol. The van der Waals surface area contributed by atoms with E-state index in [9.17, 15) is 9.90 Å². The van der Waals surface area contributed by atoms with Gasteiger partial charge in [0.15, 0.2) is 0 Å². The molecule has 98 valence electrons. The largest absolute Gasteiger partial charge is 0.388 e. The van der Waals surface area contributed by atoms with Crippen LogP contribution in [0.4, 0.5) is 0 Å². The third kappa shape index (κ3) is 3.64. The lowest BCUT2D eigenvalue weighted by Gasteiger charge is -2.18. The number of aliphatic hydroxyl groups is 1. The van der Waals surface area contributed by atoms with Gasteiger partial charge in [-0.25, -0.2) is 0 Å². The maximum atomic E-state index is 11.9. The van der Waals surface area contributed by atoms with Gasteiger partial charge in [0.05, 0.1) is 11.4 Å². The summed E-state index contributed by atoms with van der Waals surface area (Å²) in [6, 6.07) is 7.44. The summed E-state index contributed by atoms with van der Waals surface area (Å²) in [5, 5.41) is 10.5. The number of carbonyl (C=O) groups excluding carboxylic acids is 1. The Hall–Kier alpha value is -0.710. The molecule has 1 amide bonds. The summed E-state index contributed by atoms with van der Waals surface area (Å²) in [5.74, 6) is 0.477. The van der Waals surface area contributed by atoms with Crippen LogP contribution in [0.5, 0.6) is 0 Å². The van der Waals surface area contributed by atoms with Crippen molar-refractivity contribution in [3.05, 3.63) is 29.3 Å². The molecule has 0 aromatic heterocycles. The maximum absolute atomic E-state index is 11.9. The van der Waals surface area contributed by atoms with Gasteiger partial charge in [0.1, 0.15) is 0 Å². The Morgan fingerprint density at radius 2 is 2.17 bits per heavy atom. The Labute approximate surface area is 116 Å². The molecule has 0 spiro atoms. The third-order valence-corrected chi connectivity index (χ3v) is 4.23. The molecule has 1 N–H and O–H groups in total. The van der Waals surface area contributed by atoms with Crippen LogP contribution in [-0.4, -0.2) is 40.4 Å². The first kappa shape index (κ1) is 13.7. The zero-order valence-corrected chi connectivity index (χ0v) is 11.8. The Morgan fingerprint density at radius 3 is 2.72 bits per heavy atom. The zero-order chi connectivity index (χ0) is 13.2. The molecule has 0 bridgehead atoms. The van der Waals surface area contributed by atoms with Crippen molar-refractivity contribution in [3.8, 4) is 0 Å². The number of hydrogen-bond donors (Lipinski definition) is 1. The van der Waals surface area contributed by atoms with Crippen LogP contribution in [0.15, 0.2) is 29.2 Å². The van der Waals surface area contributed by atoms with E-state index in [4.69, 9.17) is 11.6 Å². The smallest absolute Gasteiger partial charge is 0.233 e. The first-order chi connectivity index (χ1) is 8.46. The fourth-order valence-electron chi connectivity index (χ4n) is 1.93. The lowest BCUT2D eigenvalue weighted by molar-refractivity contribution is -0.128. The Bertz CT molecular complexity index is 433. The van der Waals surface area contributed by atoms with Gasteiger partial charge in [0, 0.05) is 23.0 Å². The molecule has 1 fully saturated rings. The average molecular weight is 286 g/mol. The first-order valence-electron chi connectivity index (χ1n) is 5.85. The van der Waals surface area contributed by atoms with Crippen molar-refractivity contribution in [3.63, 3.8) is 0 Å². The summed E-state index contributed by atoms with van der Waals surface area (Å²) in [6.07, 6.45) is 0.657. The van der Waals surface area contributed by atoms with Crippen LogP contribution < -0.4 is 0 Å². The fraction of sp³-hybridized carbons (Fsp3) is 0.462. The number of thioether (sulfide) groups is 1. The summed E-state index contributed by atoms with van der Waals surface area (Å²) in [7, 11) is 0. The molecule has 1 saturated heterocycles. The van der Waals surface area contributed by atoms with Gasteiger partial charge in [-0.15, -0.1) is 11.8 Å². The fourth-order valence-corrected chi connectivity index (χ4v) is 2.85. The van der Waals surface area contributed by atoms with E-state index in [0.717, 1.165) is 4.90 Å². The number of β-amino-alcohol motifs (C(OH)–C–C–N with tert-alkyl or cyclic N) is 1. The number of carbonyl (C=O) groups is 1. The van der Waals surface area contributed by atoms with Gasteiger partial charge in [-0.3, -0.25) is 4.79 Å². The van der Waals surface area contributed by atoms with E-state index < -0.39 is 5.60 Å². The number of rotatable bonds is 3. The topological polar surface area (TPSA) is 40.5 Å². The van der Waals surface area contributed by atoms with Crippen LogP contribution in [0.25, 0.3) is 0 Å². The van der Waals surface area contributed by atoms with Gasteiger partial charge < -0.3 is 10.0 Å². The molecule has 3 nitrogen and oxygen atoms in total. The summed E-state index contributed by atoms with van der Waals surface area (Å²) in [5.41, 5.74) is -0.722. The van der Waals surface area contributed by atoms with Crippen molar-refractivity contribution in [2.24, 2.45) is 0 Å². The minimum absolute atomic E-state index is 0.0766. The van der Waals surface area contributed by atoms with Crippen LogP contribution in [0.3, 0.4) is 0 Å². The van der Waals surface area contributed by atoms with Crippen molar-refractivity contribution < 1.29 is 9.90 Å². The predicted molar refractivity (Wildman–Crippen MR) is 74.0 cm³/mol. The second-order valence-corrected chi connectivity index (χ2v) is 6.29. The number of benzene rings is 1. The lowest BCUT2D eigenvalue weighted by atomic mass is 10.1. The summed E-state index contributed by atoms with van der Waals surface area (Å²) in [6.45, 7) is 2.85. The molecule has 0 aliphatic carbocycles. The predicted octanol–water partition coefficient (Wildman–Crippen LogP) is 2.42. The normalized spacial score (nSPS) is 23.4. The molecule has 1 heterocycles. The van der Waals surface area contributed by atoms with E-state index >= 15 is 0 Å². The Kier molecular flexibility index (Phi) is 4.20. The highest BCUT2D eigenvalue weighted by Crippen LogP contribution is 2.24. The molecule has 1 atom stereocenters. The Balaban J connectivity index is 1.84. The molecule has 2 rings (SSSR count). The van der Waals surface area contributed by atoms with Gasteiger partial charge >= 0.3 is 0 Å². The van der Waals surface area contributed by atoms with Gasteiger partial charge in [0.25, 0.3) is 0 Å². The number of hydrogen-bond acceptors (Lipinski definition) is 3. The summed E-state index contributed by atoms with van der Waals surface area (Å²) >= 11 is 7.29. The minimum atomic E-state index is -0.722. The van der Waals surface area contributed by atoms with Crippen molar-refractivity contribution in [1.29, 1.82) is 0 Å². The van der Waals surface area contributed by atoms with Gasteiger partial charge in [-0.2, -0.15) is 0 Å². The molecule has 5 heteroatoms. The van der Waals surface area contributed by atoms with Crippen LogP contribution in [-0.2, 0) is 4.79 Å². The molecule has 1 aromatic carbocycles. The molecule has 0 saturated carbocycles. The summed E-state index contributed by atoms with van der Waals surface area (Å²) in [4.78, 5) is 14.7. The molecular formula is C13H16ClNO2S. The molecule has 1 aliphatic rings. The van der Waals surface area contributed by atoms with E-state index in [1.165, 1.54) is 11.8 Å². The first-order valence-corrected chi connectivity index (χ1v) is 7.21. The highest BCUT2D eigenvalue weighted by molar-refractivity contribution is 8.00. The van der Waals surface area contributed by atoms with Crippen molar-refractivity contribution >= 4 is 29.3 Å². The van der Waals surface area contributed by atoms with E-state index in [1.807, 2.05) is 24.3 Å². The van der Waals surface area contributed by atoms with E-state index in [1.54, 1.807) is 11.8 Å². The molecule has 1 aliphatic heterocycles. The number of nitrogens with zero attached hydrogens (tertiary/aromatic N) is 1. The lowest BCUT2D eigenvalue weighted by Crippen LogP contribution is -2.34. The van der Waals surface area contributed by atoms with Crippen LogP contribution in [0.2, 0.25) is 5.02 Å². The molecule has 1 unspecified atom stereocenters. The highest BCUT2D eigenvalue weighted by Gasteiger charge is 2.33. The zero-order valence-electron chi connectivity index (χ0n) is 10.2. The van der Waals surface area contributed by atoms with E-state index in [-0.39, 0.29) is 5.91 Å². The van der Waals surface area contributed by atoms with Crippen LogP contribution in [0, 0.1) is 0 Å². The number of amides is 1. The van der Waals surface area contributed by atoms with Gasteiger partial charge in [0.2, 0.25) is 5.91 Å². The standard InChI is InChI=1S/C13H16ClNO2S/c1-13(17)6-7-15(9-13)12(16)8-18-11-4-2-10(14)3-5-11/h2-5,17H,6-9H2,1H3. The maximum Gasteiger partial charge on any atom is 0.233 e. The van der Waals surface area contributed by atoms with E-state index in [2.05, 4.69) is 0 Å². The number of halogens is 1. The molecule has 1 aromatic rings. The highest BCUT2D eigenvalue weighted by atomic mass is 35.5. The van der Waals surface area contributed by atoms with Crippen molar-refractivity contribution in [2.75, 3.05) is 18.8 Å². The third-order valence-electron chi connectivity index (χ3n) is 2.98. The molecule has 18 heavy (non-hydrogen) atoms. The second kappa shape index (κ2) is 5.51. The number of likely N-dealkylation sites (tertiary alicyclic amines) is 1. The van der Waals surface area contributed by atoms with Crippen molar-refractivity contribution in [2.45, 2.75) is 23.8 Å². The SMILES string of the molecule is CC1(O)CCN(C(=O)CSc2ccc(Cl)cc2)C1. The average Bonchev–Trinajstić information content (AvgIpc) is 2.69. The van der Waals surface area contributed by atoms with Crippen molar-refractivity contribution in [1.82, 2.24) is 4.90 Å². The minimum Gasteiger partial charge on any atom is -0.388 e. The van der Waals surface area contributed by atoms with Gasteiger partial charge in [-0.1, -0.05) is 11.6 Å². The quantitative estimate of drug-likeness (QED) is 0.867. The van der Waals surface area contributed by atoms with Gasteiger partial charge in [-0.05, 0) is 37.6 Å². The monoisotopic (exact) mass is 285 g/mol. The van der Waals surface area contributed by atoms with Crippen LogP contribution in [0.1, 0.15) is 13.3 Å². The van der Waals surface area contributed by atoms with E-state index in [0.29, 0.717) is 30.3 Å². The Morgan fingerprint density at radius 1 is 1.50 bits per heavy atom.